The molecule has 136 valence electrons. The predicted octanol–water partition coefficient (Wildman–Crippen LogP) is 2.65. The lowest BCUT2D eigenvalue weighted by Gasteiger charge is -2.27. The molecule has 4 N–H and O–H groups in total. The van der Waals surface area contributed by atoms with E-state index in [-0.39, 0.29) is 29.9 Å². The highest BCUT2D eigenvalue weighted by atomic mass is 16.4. The number of carboxylic acid groups (broad SMARTS) is 1. The first-order valence-electron chi connectivity index (χ1n) is 8.52. The average molecular weight is 347 g/mol. The zero-order valence-corrected chi connectivity index (χ0v) is 14.5. The summed E-state index contributed by atoms with van der Waals surface area (Å²) in [6.45, 7) is 3.31. The molecule has 1 atom stereocenters. The molecule has 2 rings (SSSR count). The quantitative estimate of drug-likeness (QED) is 0.657. The van der Waals surface area contributed by atoms with E-state index >= 15 is 0 Å². The summed E-state index contributed by atoms with van der Waals surface area (Å²) < 4.78 is 0. The number of hydrogen-bond acceptors (Lipinski definition) is 3. The molecule has 1 unspecified atom stereocenters. The predicted molar refractivity (Wildman–Crippen MR) is 94.2 cm³/mol. The van der Waals surface area contributed by atoms with Gasteiger partial charge in [-0.25, -0.2) is 4.79 Å². The molecule has 0 radical (unpaired) electrons. The van der Waals surface area contributed by atoms with E-state index in [2.05, 4.69) is 16.0 Å². The fraction of sp³-hybridized carbons (Fsp3) is 0.500. The number of rotatable bonds is 5. The number of amides is 3. The zero-order valence-electron chi connectivity index (χ0n) is 14.5. The van der Waals surface area contributed by atoms with Gasteiger partial charge in [-0.1, -0.05) is 12.1 Å². The summed E-state index contributed by atoms with van der Waals surface area (Å²) in [5, 5.41) is 17.5. The highest BCUT2D eigenvalue weighted by Crippen LogP contribution is 2.24. The van der Waals surface area contributed by atoms with Crippen LogP contribution in [0.5, 0.6) is 0 Å². The van der Waals surface area contributed by atoms with Gasteiger partial charge in [0.25, 0.3) is 0 Å². The van der Waals surface area contributed by atoms with Crippen molar-refractivity contribution in [2.75, 3.05) is 5.32 Å². The summed E-state index contributed by atoms with van der Waals surface area (Å²) in [7, 11) is 0. The first-order valence-corrected chi connectivity index (χ1v) is 8.52. The maximum Gasteiger partial charge on any atom is 0.315 e. The molecule has 7 heteroatoms. The molecule has 0 spiro atoms. The van der Waals surface area contributed by atoms with Crippen LogP contribution >= 0.6 is 0 Å². The van der Waals surface area contributed by atoms with Crippen molar-refractivity contribution in [3.63, 3.8) is 0 Å². The van der Waals surface area contributed by atoms with Crippen LogP contribution in [0, 0.1) is 5.92 Å². The topological polar surface area (TPSA) is 108 Å². The fourth-order valence-electron chi connectivity index (χ4n) is 3.08. The summed E-state index contributed by atoms with van der Waals surface area (Å²) in [5.41, 5.74) is 1.57. The fourth-order valence-corrected chi connectivity index (χ4v) is 3.08. The molecule has 0 saturated heterocycles. The Labute approximate surface area is 147 Å². The maximum absolute atomic E-state index is 12.2. The Morgan fingerprint density at radius 3 is 2.44 bits per heavy atom. The lowest BCUT2D eigenvalue weighted by atomic mass is 9.86. The molecule has 1 aliphatic rings. The molecule has 1 aromatic rings. The van der Waals surface area contributed by atoms with Crippen LogP contribution in [-0.4, -0.2) is 29.1 Å². The third kappa shape index (κ3) is 5.77. The molecule has 0 aromatic heterocycles. The summed E-state index contributed by atoms with van der Waals surface area (Å²) in [6, 6.07) is 6.84. The van der Waals surface area contributed by atoms with Crippen molar-refractivity contribution in [1.82, 2.24) is 10.6 Å². The first kappa shape index (κ1) is 18.8. The van der Waals surface area contributed by atoms with Crippen LogP contribution in [-0.2, 0) is 9.59 Å². The summed E-state index contributed by atoms with van der Waals surface area (Å²) in [4.78, 5) is 34.2. The van der Waals surface area contributed by atoms with Crippen LogP contribution in [0.25, 0.3) is 0 Å². The Morgan fingerprint density at radius 1 is 1.16 bits per heavy atom. The lowest BCUT2D eigenvalue weighted by molar-refractivity contribution is -0.142. The Morgan fingerprint density at radius 2 is 1.84 bits per heavy atom. The van der Waals surface area contributed by atoms with Crippen molar-refractivity contribution in [3.05, 3.63) is 29.8 Å². The van der Waals surface area contributed by atoms with Crippen molar-refractivity contribution in [3.8, 4) is 0 Å². The molecule has 7 nitrogen and oxygen atoms in total. The van der Waals surface area contributed by atoms with Gasteiger partial charge >= 0.3 is 12.0 Å². The molecule has 0 aliphatic heterocycles. The molecule has 25 heavy (non-hydrogen) atoms. The van der Waals surface area contributed by atoms with E-state index in [9.17, 15) is 14.4 Å². The Bertz CT molecular complexity index is 639. The number of aliphatic carboxylic acids is 1. The molecule has 1 aliphatic carbocycles. The summed E-state index contributed by atoms with van der Waals surface area (Å²) >= 11 is 0. The van der Waals surface area contributed by atoms with Gasteiger partial charge in [0.2, 0.25) is 5.91 Å². The van der Waals surface area contributed by atoms with Gasteiger partial charge in [0.1, 0.15) is 0 Å². The second-order valence-electron chi connectivity index (χ2n) is 6.53. The maximum atomic E-state index is 12.2. The van der Waals surface area contributed by atoms with Crippen molar-refractivity contribution in [2.45, 2.75) is 51.6 Å². The smallest absolute Gasteiger partial charge is 0.315 e. The average Bonchev–Trinajstić information content (AvgIpc) is 2.54. The van der Waals surface area contributed by atoms with E-state index in [4.69, 9.17) is 5.11 Å². The van der Waals surface area contributed by atoms with Crippen LogP contribution in [0.2, 0.25) is 0 Å². The minimum absolute atomic E-state index is 0.00788. The summed E-state index contributed by atoms with van der Waals surface area (Å²) in [5.74, 6) is -1.19. The van der Waals surface area contributed by atoms with Crippen molar-refractivity contribution in [2.24, 2.45) is 5.92 Å². The van der Waals surface area contributed by atoms with Gasteiger partial charge in [-0.05, 0) is 50.3 Å². The molecule has 1 fully saturated rings. The minimum Gasteiger partial charge on any atom is -0.481 e. The molecule has 0 heterocycles. The SMILES string of the molecule is CC(=O)Nc1cccc(C(C)NC(=O)NC2CCC(C(=O)O)CC2)c1. The zero-order chi connectivity index (χ0) is 18.4. The number of nitrogens with one attached hydrogen (secondary N) is 3. The molecular formula is C18H25N3O4. The van der Waals surface area contributed by atoms with Gasteiger partial charge in [-0.2, -0.15) is 0 Å². The second kappa shape index (κ2) is 8.50. The molecule has 0 bridgehead atoms. The largest absolute Gasteiger partial charge is 0.481 e. The molecule has 1 aromatic carbocycles. The number of carbonyl (C=O) groups excluding carboxylic acids is 2. The van der Waals surface area contributed by atoms with Gasteiger partial charge in [-0.15, -0.1) is 0 Å². The van der Waals surface area contributed by atoms with Crippen LogP contribution in [0.1, 0.15) is 51.1 Å². The highest BCUT2D eigenvalue weighted by Gasteiger charge is 2.26. The normalized spacial score (nSPS) is 21.0. The van der Waals surface area contributed by atoms with E-state index in [0.717, 1.165) is 5.56 Å². The third-order valence-electron chi connectivity index (χ3n) is 4.47. The number of urea groups is 1. The Hall–Kier alpha value is -2.57. The number of benzene rings is 1. The van der Waals surface area contributed by atoms with Crippen LogP contribution < -0.4 is 16.0 Å². The van der Waals surface area contributed by atoms with Crippen molar-refractivity contribution in [1.29, 1.82) is 0 Å². The van der Waals surface area contributed by atoms with Gasteiger partial charge < -0.3 is 21.1 Å². The lowest BCUT2D eigenvalue weighted by Crippen LogP contribution is -2.44. The van der Waals surface area contributed by atoms with Crippen LogP contribution in [0.3, 0.4) is 0 Å². The second-order valence-corrected chi connectivity index (χ2v) is 6.53. The van der Waals surface area contributed by atoms with E-state index in [0.29, 0.717) is 31.4 Å². The Balaban J connectivity index is 1.84. The van der Waals surface area contributed by atoms with Crippen LogP contribution in [0.15, 0.2) is 24.3 Å². The van der Waals surface area contributed by atoms with Gasteiger partial charge in [-0.3, -0.25) is 9.59 Å². The monoisotopic (exact) mass is 347 g/mol. The van der Waals surface area contributed by atoms with Crippen LogP contribution in [0.4, 0.5) is 10.5 Å². The minimum atomic E-state index is -0.754. The third-order valence-corrected chi connectivity index (χ3v) is 4.47. The Kier molecular flexibility index (Phi) is 6.38. The number of carboxylic acids is 1. The summed E-state index contributed by atoms with van der Waals surface area (Å²) in [6.07, 6.45) is 2.54. The van der Waals surface area contributed by atoms with Crippen molar-refractivity contribution < 1.29 is 19.5 Å². The first-order chi connectivity index (χ1) is 11.8. The molecule has 3 amide bonds. The molecule has 1 saturated carbocycles. The standard InChI is InChI=1S/C18H25N3O4/c1-11(14-4-3-5-16(10-14)20-12(2)22)19-18(25)21-15-8-6-13(7-9-15)17(23)24/h3-5,10-11,13,15H,6-9H2,1-2H3,(H,20,22)(H,23,24)(H2,19,21,25). The number of anilines is 1. The number of carbonyl (C=O) groups is 3. The van der Waals surface area contributed by atoms with E-state index in [1.807, 2.05) is 25.1 Å². The van der Waals surface area contributed by atoms with E-state index in [1.165, 1.54) is 6.92 Å². The van der Waals surface area contributed by atoms with Gasteiger partial charge in [0, 0.05) is 18.7 Å². The van der Waals surface area contributed by atoms with E-state index in [1.54, 1.807) is 6.07 Å². The van der Waals surface area contributed by atoms with Gasteiger partial charge in [0.05, 0.1) is 12.0 Å². The van der Waals surface area contributed by atoms with E-state index < -0.39 is 5.97 Å². The number of hydrogen-bond donors (Lipinski definition) is 4. The van der Waals surface area contributed by atoms with Gasteiger partial charge in [0.15, 0.2) is 0 Å². The van der Waals surface area contributed by atoms with Crippen molar-refractivity contribution >= 4 is 23.6 Å². The molecular weight excluding hydrogens is 322 g/mol. The highest BCUT2D eigenvalue weighted by molar-refractivity contribution is 5.88.